The van der Waals surface area contributed by atoms with Crippen LogP contribution in [0.1, 0.15) is 39.0 Å². The van der Waals surface area contributed by atoms with Crippen molar-refractivity contribution in [3.63, 3.8) is 0 Å². The highest BCUT2D eigenvalue weighted by atomic mass is 32.2. The van der Waals surface area contributed by atoms with Crippen LogP contribution in [0.2, 0.25) is 0 Å². The van der Waals surface area contributed by atoms with Crippen LogP contribution in [0.15, 0.2) is 40.8 Å². The van der Waals surface area contributed by atoms with Crippen molar-refractivity contribution < 1.29 is 13.2 Å². The second-order valence-corrected chi connectivity index (χ2v) is 9.37. The summed E-state index contributed by atoms with van der Waals surface area (Å²) in [6.07, 6.45) is 9.60. The number of aliphatic imine (C=N–C) groups is 1. The normalized spacial score (nSPS) is 26.1. The highest BCUT2D eigenvalue weighted by Gasteiger charge is 2.31. The first-order chi connectivity index (χ1) is 12.8. The smallest absolute Gasteiger partial charge is 0.255 e. The quantitative estimate of drug-likeness (QED) is 0.719. The lowest BCUT2D eigenvalue weighted by atomic mass is 10.1. The summed E-state index contributed by atoms with van der Waals surface area (Å²) in [5, 5.41) is 5.96. The van der Waals surface area contributed by atoms with Crippen LogP contribution in [0.3, 0.4) is 0 Å². The van der Waals surface area contributed by atoms with Gasteiger partial charge in [0.25, 0.3) is 5.91 Å². The zero-order chi connectivity index (χ0) is 19.6. The molecule has 7 nitrogen and oxygen atoms in total. The van der Waals surface area contributed by atoms with Crippen LogP contribution in [0.4, 0.5) is 0 Å². The van der Waals surface area contributed by atoms with E-state index in [1.807, 2.05) is 0 Å². The number of hydrogen-bond donors (Lipinski definition) is 2. The molecule has 0 bridgehead atoms. The molecule has 3 rings (SSSR count). The number of carbonyl (C=O) groups excluding carboxylic acids is 1. The van der Waals surface area contributed by atoms with Gasteiger partial charge in [0.2, 0.25) is 10.0 Å². The minimum Gasteiger partial charge on any atom is -0.360 e. The maximum atomic E-state index is 12.8. The van der Waals surface area contributed by atoms with Gasteiger partial charge in [-0.3, -0.25) is 9.79 Å². The molecule has 148 valence electrons. The van der Waals surface area contributed by atoms with Crippen molar-refractivity contribution in [1.82, 2.24) is 14.9 Å². The van der Waals surface area contributed by atoms with Gasteiger partial charge < -0.3 is 10.6 Å². The number of carbonyl (C=O) groups is 1. The molecule has 2 aliphatic heterocycles. The molecule has 1 saturated heterocycles. The second-order valence-electron chi connectivity index (χ2n) is 7.39. The van der Waals surface area contributed by atoms with Crippen molar-refractivity contribution in [2.45, 2.75) is 45.1 Å². The summed E-state index contributed by atoms with van der Waals surface area (Å²) in [7, 11) is -3.25. The molecule has 0 aromatic rings. The molecular formula is C19H28N4O3S. The van der Waals surface area contributed by atoms with Crippen molar-refractivity contribution >= 4 is 21.6 Å². The first-order valence-corrected chi connectivity index (χ1v) is 11.4. The first-order valence-electron chi connectivity index (χ1n) is 9.50. The van der Waals surface area contributed by atoms with E-state index in [-0.39, 0.29) is 11.9 Å². The van der Waals surface area contributed by atoms with Crippen LogP contribution in [-0.4, -0.2) is 49.7 Å². The Balaban J connectivity index is 1.71. The fourth-order valence-electron chi connectivity index (χ4n) is 3.40. The van der Waals surface area contributed by atoms with Gasteiger partial charge in [-0.2, -0.15) is 0 Å². The highest BCUT2D eigenvalue weighted by Crippen LogP contribution is 2.38. The molecule has 2 fully saturated rings. The predicted molar refractivity (Wildman–Crippen MR) is 106 cm³/mol. The molecule has 0 radical (unpaired) electrons. The molecule has 3 aliphatic rings. The van der Waals surface area contributed by atoms with Crippen molar-refractivity contribution in [3.05, 3.63) is 35.8 Å². The molecular weight excluding hydrogens is 364 g/mol. The van der Waals surface area contributed by atoms with Crippen LogP contribution in [0.5, 0.6) is 0 Å². The molecule has 0 spiro atoms. The largest absolute Gasteiger partial charge is 0.360 e. The predicted octanol–water partition coefficient (Wildman–Crippen LogP) is 1.67. The van der Waals surface area contributed by atoms with Gasteiger partial charge in [-0.05, 0) is 32.1 Å². The second kappa shape index (κ2) is 7.98. The number of nitrogens with one attached hydrogen (secondary N) is 2. The molecule has 1 unspecified atom stereocenters. The monoisotopic (exact) mass is 392 g/mol. The van der Waals surface area contributed by atoms with Crippen LogP contribution >= 0.6 is 0 Å². The minimum atomic E-state index is -3.25. The van der Waals surface area contributed by atoms with Gasteiger partial charge in [-0.1, -0.05) is 19.6 Å². The fourth-order valence-corrected chi connectivity index (χ4v) is 4.32. The minimum absolute atomic E-state index is 0.203. The Kier molecular flexibility index (Phi) is 5.86. The van der Waals surface area contributed by atoms with Gasteiger partial charge in [0.15, 0.2) is 0 Å². The Bertz CT molecular complexity index is 822. The summed E-state index contributed by atoms with van der Waals surface area (Å²) >= 11 is 0. The summed E-state index contributed by atoms with van der Waals surface area (Å²) in [6.45, 7) is 6.85. The number of nitrogens with zero attached hydrogens (tertiary/aromatic N) is 2. The summed E-state index contributed by atoms with van der Waals surface area (Å²) in [5.41, 5.74) is 2.68. The molecule has 2 N–H and O–H groups in total. The number of piperidine rings is 1. The molecule has 27 heavy (non-hydrogen) atoms. The highest BCUT2D eigenvalue weighted by molar-refractivity contribution is 7.88. The number of sulfonamides is 1. The Labute approximate surface area is 161 Å². The SMILES string of the molecule is C=C1NC=C(C(=O)NC2CCCN(S(C)(=O)=O)C2)/C1=N/C(=C\CC)C1CC1. The molecule has 1 atom stereocenters. The Morgan fingerprint density at radius 1 is 1.44 bits per heavy atom. The third-order valence-corrected chi connectivity index (χ3v) is 6.28. The fraction of sp³-hybridized carbons (Fsp3) is 0.579. The number of hydrogen-bond acceptors (Lipinski definition) is 5. The maximum Gasteiger partial charge on any atom is 0.255 e. The zero-order valence-electron chi connectivity index (χ0n) is 16.0. The third kappa shape index (κ3) is 4.87. The molecule has 1 saturated carbocycles. The van der Waals surface area contributed by atoms with Gasteiger partial charge in [0, 0.05) is 36.9 Å². The Hall–Kier alpha value is -1.93. The average molecular weight is 393 g/mol. The standard InChI is InChI=1S/C19H28N4O3S/c1-4-6-17(14-8-9-14)22-18-13(2)20-11-16(18)19(24)21-15-7-5-10-23(12-15)27(3,25)26/h6,11,14-15,20H,2,4-5,7-10,12H2,1,3H3,(H,21,24)/b17-6-,22-18+. The lowest BCUT2D eigenvalue weighted by molar-refractivity contribution is -0.117. The molecule has 2 heterocycles. The van der Waals surface area contributed by atoms with Crippen LogP contribution in [-0.2, 0) is 14.8 Å². The number of amides is 1. The van der Waals surface area contributed by atoms with E-state index in [4.69, 9.17) is 4.99 Å². The van der Waals surface area contributed by atoms with Gasteiger partial charge >= 0.3 is 0 Å². The van der Waals surface area contributed by atoms with E-state index in [1.165, 1.54) is 10.6 Å². The average Bonchev–Trinajstić information content (AvgIpc) is 3.38. The van der Waals surface area contributed by atoms with Gasteiger partial charge in [0.1, 0.15) is 5.71 Å². The lowest BCUT2D eigenvalue weighted by Crippen LogP contribution is -2.49. The van der Waals surface area contributed by atoms with E-state index in [1.54, 1.807) is 6.20 Å². The van der Waals surface area contributed by atoms with Crippen LogP contribution < -0.4 is 10.6 Å². The van der Waals surface area contributed by atoms with E-state index < -0.39 is 10.0 Å². The van der Waals surface area contributed by atoms with Crippen molar-refractivity contribution in [2.24, 2.45) is 10.9 Å². The Morgan fingerprint density at radius 3 is 2.81 bits per heavy atom. The van der Waals surface area contributed by atoms with E-state index in [0.29, 0.717) is 36.0 Å². The summed E-state index contributed by atoms with van der Waals surface area (Å²) in [6, 6.07) is -0.203. The summed E-state index contributed by atoms with van der Waals surface area (Å²) in [5.74, 6) is 0.240. The molecule has 8 heteroatoms. The lowest BCUT2D eigenvalue weighted by Gasteiger charge is -2.31. The molecule has 0 aromatic carbocycles. The van der Waals surface area contributed by atoms with E-state index in [2.05, 4.69) is 30.2 Å². The first kappa shape index (κ1) is 19.8. The summed E-state index contributed by atoms with van der Waals surface area (Å²) < 4.78 is 25.0. The zero-order valence-corrected chi connectivity index (χ0v) is 16.8. The molecule has 1 aliphatic carbocycles. The van der Waals surface area contributed by atoms with Crippen molar-refractivity contribution in [2.75, 3.05) is 19.3 Å². The summed E-state index contributed by atoms with van der Waals surface area (Å²) in [4.78, 5) is 17.6. The Morgan fingerprint density at radius 2 is 2.19 bits per heavy atom. The van der Waals surface area contributed by atoms with E-state index in [0.717, 1.165) is 37.8 Å². The maximum absolute atomic E-state index is 12.8. The molecule has 0 aromatic heterocycles. The van der Waals surface area contributed by atoms with Gasteiger partial charge in [-0.25, -0.2) is 12.7 Å². The van der Waals surface area contributed by atoms with Crippen LogP contribution in [0.25, 0.3) is 0 Å². The third-order valence-electron chi connectivity index (χ3n) is 5.01. The number of rotatable bonds is 6. The molecule has 1 amide bonds. The number of allylic oxidation sites excluding steroid dienone is 3. The van der Waals surface area contributed by atoms with Crippen molar-refractivity contribution in [3.8, 4) is 0 Å². The van der Waals surface area contributed by atoms with Gasteiger partial charge in [0.05, 0.1) is 17.5 Å². The van der Waals surface area contributed by atoms with Crippen molar-refractivity contribution in [1.29, 1.82) is 0 Å². The van der Waals surface area contributed by atoms with E-state index >= 15 is 0 Å². The van der Waals surface area contributed by atoms with Gasteiger partial charge in [-0.15, -0.1) is 0 Å². The van der Waals surface area contributed by atoms with E-state index in [9.17, 15) is 13.2 Å². The topological polar surface area (TPSA) is 90.9 Å². The van der Waals surface area contributed by atoms with Crippen LogP contribution in [0, 0.1) is 5.92 Å².